The van der Waals surface area contributed by atoms with Gasteiger partial charge in [0.1, 0.15) is 5.82 Å². The smallest absolute Gasteiger partial charge is 0.405 e. The third-order valence-electron chi connectivity index (χ3n) is 6.79. The summed E-state index contributed by atoms with van der Waals surface area (Å²) in [5.41, 5.74) is 2.96. The first-order chi connectivity index (χ1) is 15.3. The number of carbonyl (C=O) groups is 2. The zero-order chi connectivity index (χ0) is 22.8. The number of nitrogens with zero attached hydrogens (tertiary/aromatic N) is 2. The van der Waals surface area contributed by atoms with Crippen molar-refractivity contribution in [3.63, 3.8) is 0 Å². The van der Waals surface area contributed by atoms with Gasteiger partial charge in [0.2, 0.25) is 0 Å². The molecule has 0 aromatic heterocycles. The van der Waals surface area contributed by atoms with Crippen molar-refractivity contribution in [2.45, 2.75) is 26.3 Å². The summed E-state index contributed by atoms with van der Waals surface area (Å²) in [6, 6.07) is 12.3. The number of aryl methyl sites for hydroxylation is 2. The van der Waals surface area contributed by atoms with Crippen molar-refractivity contribution in [1.82, 2.24) is 15.1 Å². The molecule has 2 N–H and O–H groups in total. The Morgan fingerprint density at radius 3 is 2.22 bits per heavy atom. The van der Waals surface area contributed by atoms with Gasteiger partial charge in [0.05, 0.1) is 6.04 Å². The first-order valence-electron chi connectivity index (χ1n) is 11.1. The maximum Gasteiger partial charge on any atom is 0.405 e. The average Bonchev–Trinajstić information content (AvgIpc) is 3.29. The maximum absolute atomic E-state index is 13.6. The number of hydrogen-bond donors (Lipinski definition) is 2. The number of halogens is 1. The number of benzene rings is 2. The van der Waals surface area contributed by atoms with Crippen molar-refractivity contribution >= 4 is 12.0 Å². The fourth-order valence-corrected chi connectivity index (χ4v) is 5.31. The Labute approximate surface area is 188 Å². The zero-order valence-electron chi connectivity index (χ0n) is 18.6. The first kappa shape index (κ1) is 22.3. The summed E-state index contributed by atoms with van der Waals surface area (Å²) in [7, 11) is 0. The topological polar surface area (TPSA) is 72.9 Å². The monoisotopic (exact) mass is 439 g/mol. The highest BCUT2D eigenvalue weighted by atomic mass is 19.1. The van der Waals surface area contributed by atoms with E-state index in [1.807, 2.05) is 35.2 Å². The predicted octanol–water partition coefficient (Wildman–Crippen LogP) is 3.85. The van der Waals surface area contributed by atoms with E-state index < -0.39 is 6.09 Å². The van der Waals surface area contributed by atoms with Crippen molar-refractivity contribution in [1.29, 1.82) is 0 Å². The second-order valence-corrected chi connectivity index (χ2v) is 9.11. The average molecular weight is 440 g/mol. The third-order valence-corrected chi connectivity index (χ3v) is 6.79. The van der Waals surface area contributed by atoms with Crippen LogP contribution in [0.4, 0.5) is 9.18 Å². The molecule has 2 aliphatic heterocycles. The molecule has 2 heterocycles. The lowest BCUT2D eigenvalue weighted by atomic mass is 10.0. The van der Waals surface area contributed by atoms with Gasteiger partial charge < -0.3 is 20.2 Å². The van der Waals surface area contributed by atoms with Crippen LogP contribution in [-0.2, 0) is 0 Å². The summed E-state index contributed by atoms with van der Waals surface area (Å²) in [4.78, 5) is 28.6. The molecule has 0 aliphatic carbocycles. The lowest BCUT2D eigenvalue weighted by Crippen LogP contribution is -2.35. The Hall–Kier alpha value is -2.93. The van der Waals surface area contributed by atoms with Crippen LogP contribution in [0.25, 0.3) is 0 Å². The van der Waals surface area contributed by atoms with E-state index in [1.165, 1.54) is 12.1 Å². The molecule has 2 aromatic carbocycles. The van der Waals surface area contributed by atoms with E-state index in [0.717, 1.165) is 25.2 Å². The van der Waals surface area contributed by atoms with Crippen LogP contribution in [0.5, 0.6) is 0 Å². The van der Waals surface area contributed by atoms with Crippen LogP contribution in [0, 0.1) is 31.5 Å². The number of likely N-dealkylation sites (tertiary alicyclic amines) is 2. The van der Waals surface area contributed by atoms with Gasteiger partial charge in [-0.1, -0.05) is 30.3 Å². The molecule has 6 nitrogen and oxygen atoms in total. The van der Waals surface area contributed by atoms with Crippen molar-refractivity contribution in [2.24, 2.45) is 11.8 Å². The molecule has 2 amide bonds. The molecule has 170 valence electrons. The number of carboxylic acid groups (broad SMARTS) is 1. The van der Waals surface area contributed by atoms with Crippen molar-refractivity contribution in [2.75, 3.05) is 32.7 Å². The van der Waals surface area contributed by atoms with Gasteiger partial charge in [-0.3, -0.25) is 4.79 Å². The Morgan fingerprint density at radius 2 is 1.66 bits per heavy atom. The SMILES string of the molecule is Cc1cc(F)cc(C)c1C(=O)N1CC2CN(CCC(NC(=O)O)c3ccccc3)C[C@H]2C1. The number of carbonyl (C=O) groups excluding carboxylic acids is 1. The van der Waals surface area contributed by atoms with Crippen LogP contribution in [0.2, 0.25) is 0 Å². The quantitative estimate of drug-likeness (QED) is 0.717. The standard InChI is InChI=1S/C25H30FN3O3/c1-16-10-21(26)11-17(2)23(16)24(30)29-14-19-12-28(13-20(19)15-29)9-8-22(27-25(31)32)18-6-4-3-5-7-18/h3-7,10-11,19-20,22,27H,8-9,12-15H2,1-2H3,(H,31,32)/t19-,20?,22?/m0/s1. The van der Waals surface area contributed by atoms with Crippen LogP contribution in [-0.4, -0.2) is 59.6 Å². The molecule has 0 radical (unpaired) electrons. The highest BCUT2D eigenvalue weighted by Gasteiger charge is 2.42. The predicted molar refractivity (Wildman–Crippen MR) is 120 cm³/mol. The molecule has 3 atom stereocenters. The summed E-state index contributed by atoms with van der Waals surface area (Å²) in [5, 5.41) is 11.9. The molecule has 0 saturated carbocycles. The summed E-state index contributed by atoms with van der Waals surface area (Å²) in [6.45, 7) is 7.62. The van der Waals surface area contributed by atoms with Crippen molar-refractivity contribution < 1.29 is 19.1 Å². The molecule has 0 bridgehead atoms. The molecule has 2 saturated heterocycles. The summed E-state index contributed by atoms with van der Waals surface area (Å²) in [6.07, 6.45) is -0.315. The molecule has 0 spiro atoms. The van der Waals surface area contributed by atoms with Crippen molar-refractivity contribution in [3.8, 4) is 0 Å². The number of fused-ring (bicyclic) bond motifs is 1. The molecule has 2 fully saturated rings. The lowest BCUT2D eigenvalue weighted by molar-refractivity contribution is 0.0772. The minimum absolute atomic E-state index is 0.00394. The fourth-order valence-electron chi connectivity index (χ4n) is 5.31. The van der Waals surface area contributed by atoms with Crippen LogP contribution < -0.4 is 5.32 Å². The van der Waals surface area contributed by atoms with Crippen molar-refractivity contribution in [3.05, 3.63) is 70.5 Å². The van der Waals surface area contributed by atoms with Crippen LogP contribution in [0.15, 0.2) is 42.5 Å². The van der Waals surface area contributed by atoms with E-state index >= 15 is 0 Å². The summed E-state index contributed by atoms with van der Waals surface area (Å²) in [5.74, 6) is 0.526. The van der Waals surface area contributed by atoms with Gasteiger partial charge in [-0.2, -0.15) is 0 Å². The molecule has 7 heteroatoms. The largest absolute Gasteiger partial charge is 0.465 e. The second kappa shape index (κ2) is 9.28. The Kier molecular flexibility index (Phi) is 6.46. The lowest BCUT2D eigenvalue weighted by Gasteiger charge is -2.25. The van der Waals surface area contributed by atoms with Gasteiger partial charge in [-0.15, -0.1) is 0 Å². The van der Waals surface area contributed by atoms with E-state index in [1.54, 1.807) is 13.8 Å². The molecule has 2 aromatic rings. The van der Waals surface area contributed by atoms with Gasteiger partial charge in [-0.25, -0.2) is 9.18 Å². The van der Waals surface area contributed by atoms with E-state index in [9.17, 15) is 19.1 Å². The minimum Gasteiger partial charge on any atom is -0.465 e. The highest BCUT2D eigenvalue weighted by molar-refractivity contribution is 5.97. The van der Waals surface area contributed by atoms with Gasteiger partial charge in [0.15, 0.2) is 0 Å². The number of amides is 2. The van der Waals surface area contributed by atoms with Crippen LogP contribution >= 0.6 is 0 Å². The number of nitrogens with one attached hydrogen (secondary N) is 1. The molecule has 2 aliphatic rings. The molecule has 32 heavy (non-hydrogen) atoms. The van der Waals surface area contributed by atoms with Gasteiger partial charge in [0, 0.05) is 38.3 Å². The normalized spacial score (nSPS) is 21.4. The summed E-state index contributed by atoms with van der Waals surface area (Å²) >= 11 is 0. The Morgan fingerprint density at radius 1 is 1.06 bits per heavy atom. The molecule has 2 unspecified atom stereocenters. The Balaban J connectivity index is 1.34. The van der Waals surface area contributed by atoms with Gasteiger partial charge in [-0.05, 0) is 60.9 Å². The van der Waals surface area contributed by atoms with Crippen LogP contribution in [0.3, 0.4) is 0 Å². The fraction of sp³-hybridized carbons (Fsp3) is 0.440. The number of rotatable bonds is 6. The second-order valence-electron chi connectivity index (χ2n) is 9.11. The number of hydrogen-bond acceptors (Lipinski definition) is 3. The van der Waals surface area contributed by atoms with Gasteiger partial charge in [0.25, 0.3) is 5.91 Å². The molecule has 4 rings (SSSR count). The van der Waals surface area contributed by atoms with E-state index in [4.69, 9.17) is 0 Å². The highest BCUT2D eigenvalue weighted by Crippen LogP contribution is 2.33. The molecular formula is C25H30FN3O3. The maximum atomic E-state index is 13.6. The Bertz CT molecular complexity index is 960. The van der Waals surface area contributed by atoms with Crippen LogP contribution in [0.1, 0.15) is 39.5 Å². The van der Waals surface area contributed by atoms with Gasteiger partial charge >= 0.3 is 6.09 Å². The van der Waals surface area contributed by atoms with E-state index in [2.05, 4.69) is 10.2 Å². The zero-order valence-corrected chi connectivity index (χ0v) is 18.6. The summed E-state index contributed by atoms with van der Waals surface area (Å²) < 4.78 is 13.6. The molecular weight excluding hydrogens is 409 g/mol. The van der Waals surface area contributed by atoms with E-state index in [-0.39, 0.29) is 17.8 Å². The van der Waals surface area contributed by atoms with E-state index in [0.29, 0.717) is 48.0 Å². The third kappa shape index (κ3) is 4.78. The first-order valence-corrected chi connectivity index (χ1v) is 11.1. The minimum atomic E-state index is -1.02.